The third-order valence-electron chi connectivity index (χ3n) is 6.26. The molecule has 2 heteroatoms. The van der Waals surface area contributed by atoms with Gasteiger partial charge in [-0.05, 0) is 5.92 Å². The molecule has 27 heavy (non-hydrogen) atoms. The van der Waals surface area contributed by atoms with E-state index in [2.05, 4.69) is 13.8 Å². The van der Waals surface area contributed by atoms with Crippen LogP contribution in [0.3, 0.4) is 0 Å². The Morgan fingerprint density at radius 2 is 1.00 bits per heavy atom. The van der Waals surface area contributed by atoms with Crippen LogP contribution in [0.15, 0.2) is 0 Å². The van der Waals surface area contributed by atoms with Gasteiger partial charge in [0, 0.05) is 6.42 Å². The van der Waals surface area contributed by atoms with Crippen LogP contribution in [0.5, 0.6) is 0 Å². The maximum absolute atomic E-state index is 5.60. The van der Waals surface area contributed by atoms with Gasteiger partial charge in [0.1, 0.15) is 0 Å². The van der Waals surface area contributed by atoms with Gasteiger partial charge in [-0.3, -0.25) is 0 Å². The van der Waals surface area contributed by atoms with Crippen LogP contribution in [0.25, 0.3) is 0 Å². The topological polar surface area (TPSA) is 18.5 Å². The first-order chi connectivity index (χ1) is 13.4. The third-order valence-corrected chi connectivity index (χ3v) is 6.26. The largest absolute Gasteiger partial charge is 0.350 e. The lowest BCUT2D eigenvalue weighted by atomic mass is 9.94. The van der Waals surface area contributed by atoms with Crippen LogP contribution >= 0.6 is 0 Å². The monoisotopic (exact) mass is 382 g/mol. The van der Waals surface area contributed by atoms with Gasteiger partial charge < -0.3 is 9.47 Å². The van der Waals surface area contributed by atoms with Gasteiger partial charge in [0.25, 0.3) is 0 Å². The molecule has 1 unspecified atom stereocenters. The Kier molecular flexibility index (Phi) is 17.8. The van der Waals surface area contributed by atoms with E-state index in [1.807, 2.05) is 0 Å². The number of hydrogen-bond acceptors (Lipinski definition) is 2. The van der Waals surface area contributed by atoms with Crippen molar-refractivity contribution in [3.05, 3.63) is 0 Å². The molecule has 0 bridgehead atoms. The molecule has 1 saturated heterocycles. The maximum atomic E-state index is 5.60. The molecule has 0 aromatic carbocycles. The molecular weight excluding hydrogens is 332 g/mol. The summed E-state index contributed by atoms with van der Waals surface area (Å²) >= 11 is 0. The molecule has 162 valence electrons. The molecule has 1 fully saturated rings. The predicted molar refractivity (Wildman–Crippen MR) is 118 cm³/mol. The fourth-order valence-electron chi connectivity index (χ4n) is 4.29. The molecule has 1 heterocycles. The summed E-state index contributed by atoms with van der Waals surface area (Å²) in [5.41, 5.74) is 0. The second kappa shape index (κ2) is 19.2. The summed E-state index contributed by atoms with van der Waals surface area (Å²) in [4.78, 5) is 0. The summed E-state index contributed by atoms with van der Waals surface area (Å²) in [6, 6.07) is 0. The number of unbranched alkanes of at least 4 members (excludes halogenated alkanes) is 15. The molecule has 0 saturated carbocycles. The van der Waals surface area contributed by atoms with Crippen LogP contribution < -0.4 is 0 Å². The van der Waals surface area contributed by atoms with Crippen molar-refractivity contribution in [1.82, 2.24) is 0 Å². The highest BCUT2D eigenvalue weighted by molar-refractivity contribution is 4.63. The normalized spacial score (nSPS) is 16.2. The van der Waals surface area contributed by atoms with Gasteiger partial charge in [-0.1, -0.05) is 129 Å². The third kappa shape index (κ3) is 15.5. The van der Waals surface area contributed by atoms with Crippen molar-refractivity contribution in [1.29, 1.82) is 0 Å². The van der Waals surface area contributed by atoms with E-state index in [9.17, 15) is 0 Å². The molecule has 0 aromatic heterocycles. The van der Waals surface area contributed by atoms with E-state index in [1.54, 1.807) is 0 Å². The Balaban J connectivity index is 1.74. The molecule has 0 aliphatic carbocycles. The zero-order valence-corrected chi connectivity index (χ0v) is 18.8. The van der Waals surface area contributed by atoms with Crippen molar-refractivity contribution in [2.24, 2.45) is 5.92 Å². The van der Waals surface area contributed by atoms with E-state index < -0.39 is 0 Å². The maximum Gasteiger partial charge on any atom is 0.158 e. The molecule has 0 amide bonds. The first kappa shape index (κ1) is 25.0. The molecule has 1 aliphatic rings. The number of hydrogen-bond donors (Lipinski definition) is 0. The van der Waals surface area contributed by atoms with Crippen molar-refractivity contribution in [2.75, 3.05) is 13.2 Å². The van der Waals surface area contributed by atoms with Crippen LogP contribution in [0.2, 0.25) is 0 Å². The van der Waals surface area contributed by atoms with E-state index in [1.165, 1.54) is 116 Å². The van der Waals surface area contributed by atoms with Crippen molar-refractivity contribution < 1.29 is 9.47 Å². The molecule has 1 atom stereocenters. The van der Waals surface area contributed by atoms with Crippen molar-refractivity contribution in [3.8, 4) is 0 Å². The Morgan fingerprint density at radius 3 is 1.41 bits per heavy atom. The molecule has 0 aromatic rings. The minimum absolute atomic E-state index is 0.0935. The summed E-state index contributed by atoms with van der Waals surface area (Å²) in [6.07, 6.45) is 27.0. The Hall–Kier alpha value is -0.0800. The second-order valence-electron chi connectivity index (χ2n) is 8.77. The average Bonchev–Trinajstić information content (AvgIpc) is 3.19. The Bertz CT molecular complexity index is 286. The van der Waals surface area contributed by atoms with E-state index in [0.29, 0.717) is 0 Å². The van der Waals surface area contributed by atoms with E-state index in [4.69, 9.17) is 9.47 Å². The second-order valence-corrected chi connectivity index (χ2v) is 8.77. The molecule has 0 N–H and O–H groups in total. The molecular formula is C25H50O2. The summed E-state index contributed by atoms with van der Waals surface area (Å²) in [6.45, 7) is 6.19. The van der Waals surface area contributed by atoms with Crippen LogP contribution in [0, 0.1) is 5.92 Å². The van der Waals surface area contributed by atoms with Gasteiger partial charge in [-0.15, -0.1) is 0 Å². The molecule has 1 aliphatic heterocycles. The minimum Gasteiger partial charge on any atom is -0.350 e. The number of rotatable bonds is 20. The van der Waals surface area contributed by atoms with Gasteiger partial charge >= 0.3 is 0 Å². The zero-order chi connectivity index (χ0) is 19.4. The lowest BCUT2D eigenvalue weighted by Gasteiger charge is -2.18. The first-order valence-electron chi connectivity index (χ1n) is 12.6. The highest BCUT2D eigenvalue weighted by atomic mass is 16.7. The van der Waals surface area contributed by atoms with E-state index in [0.717, 1.165) is 25.6 Å². The summed E-state index contributed by atoms with van der Waals surface area (Å²) in [5, 5.41) is 0. The van der Waals surface area contributed by atoms with Gasteiger partial charge in [0.05, 0.1) is 13.2 Å². The number of ether oxygens (including phenoxy) is 2. The van der Waals surface area contributed by atoms with Crippen molar-refractivity contribution in [2.45, 2.75) is 142 Å². The molecule has 0 radical (unpaired) electrons. The highest BCUT2D eigenvalue weighted by Crippen LogP contribution is 2.23. The molecule has 1 rings (SSSR count). The molecule has 0 spiro atoms. The van der Waals surface area contributed by atoms with Crippen molar-refractivity contribution >= 4 is 0 Å². The van der Waals surface area contributed by atoms with Gasteiger partial charge in [0.2, 0.25) is 0 Å². The zero-order valence-electron chi connectivity index (χ0n) is 18.8. The lowest BCUT2D eigenvalue weighted by Crippen LogP contribution is -2.14. The fourth-order valence-corrected chi connectivity index (χ4v) is 4.29. The fraction of sp³-hybridized carbons (Fsp3) is 1.00. The van der Waals surface area contributed by atoms with Gasteiger partial charge in [-0.25, -0.2) is 0 Å². The average molecular weight is 383 g/mol. The predicted octanol–water partition coefficient (Wildman–Crippen LogP) is 8.43. The summed E-state index contributed by atoms with van der Waals surface area (Å²) < 4.78 is 11.2. The SMILES string of the molecule is CCCCCCCCCCCCCCCCCCC(CC)CC1OCCO1. The summed E-state index contributed by atoms with van der Waals surface area (Å²) in [7, 11) is 0. The van der Waals surface area contributed by atoms with Crippen LogP contribution in [0.4, 0.5) is 0 Å². The van der Waals surface area contributed by atoms with E-state index >= 15 is 0 Å². The van der Waals surface area contributed by atoms with Crippen LogP contribution in [0.1, 0.15) is 136 Å². The van der Waals surface area contributed by atoms with E-state index in [-0.39, 0.29) is 6.29 Å². The van der Waals surface area contributed by atoms with Crippen molar-refractivity contribution in [3.63, 3.8) is 0 Å². The minimum atomic E-state index is 0.0935. The smallest absolute Gasteiger partial charge is 0.158 e. The first-order valence-corrected chi connectivity index (χ1v) is 12.6. The Morgan fingerprint density at radius 1 is 0.593 bits per heavy atom. The quantitative estimate of drug-likeness (QED) is 0.197. The van der Waals surface area contributed by atoms with Gasteiger partial charge in [-0.2, -0.15) is 0 Å². The summed E-state index contributed by atoms with van der Waals surface area (Å²) in [5.74, 6) is 0.791. The van der Waals surface area contributed by atoms with Crippen LogP contribution in [-0.4, -0.2) is 19.5 Å². The standard InChI is InChI=1S/C25H50O2/c1-3-5-6-7-8-9-10-11-12-13-14-15-16-17-18-19-20-24(4-2)23-25-26-21-22-27-25/h24-25H,3-23H2,1-2H3. The van der Waals surface area contributed by atoms with Gasteiger partial charge in [0.15, 0.2) is 6.29 Å². The highest BCUT2D eigenvalue weighted by Gasteiger charge is 2.20. The lowest BCUT2D eigenvalue weighted by molar-refractivity contribution is -0.0580. The Labute approximate surface area is 171 Å². The molecule has 2 nitrogen and oxygen atoms in total. The van der Waals surface area contributed by atoms with Crippen LogP contribution in [-0.2, 0) is 9.47 Å².